The number of carboxylic acids is 1. The van der Waals surface area contributed by atoms with E-state index in [1.807, 2.05) is 32.0 Å². The Morgan fingerprint density at radius 2 is 1.48 bits per heavy atom. The molecule has 44 heavy (non-hydrogen) atoms. The third-order valence-electron chi connectivity index (χ3n) is 6.05. The Bertz CT molecular complexity index is 1330. The standard InChI is InChI=1S/C30H41N7O7/c1-20(2)18-23(27(39)40)34-30-36-28(35-29(37-30)33-22-10-11-24(41-3)25(19-22)42-4)32-13-15-44-17-16-43-14-12-31-26(38)21-8-6-5-7-9-21/h5-11,19-20,23H,12-18H2,1-4H3,(H,31,38)(H,39,40)(H3,32,33,34,35,36,37)/t23-/m0/s1. The average Bonchev–Trinajstić information content (AvgIpc) is 3.01. The molecule has 0 saturated carbocycles. The van der Waals surface area contributed by atoms with Gasteiger partial charge in [-0.2, -0.15) is 15.0 Å². The quantitative estimate of drug-likeness (QED) is 0.118. The van der Waals surface area contributed by atoms with Gasteiger partial charge in [-0.15, -0.1) is 0 Å². The fourth-order valence-electron chi connectivity index (χ4n) is 3.95. The van der Waals surface area contributed by atoms with Crippen LogP contribution in [0.25, 0.3) is 0 Å². The highest BCUT2D eigenvalue weighted by molar-refractivity contribution is 5.94. The SMILES string of the molecule is COc1ccc(Nc2nc(NCCOCCOCCNC(=O)c3ccccc3)nc(N[C@@H](CC(C)C)C(=O)O)n2)cc1OC. The molecule has 238 valence electrons. The molecule has 14 nitrogen and oxygen atoms in total. The second-order valence-electron chi connectivity index (χ2n) is 9.94. The predicted octanol–water partition coefficient (Wildman–Crippen LogP) is 3.42. The summed E-state index contributed by atoms with van der Waals surface area (Å²) in [5, 5.41) is 21.6. The lowest BCUT2D eigenvalue weighted by Crippen LogP contribution is -2.31. The number of hydrogen-bond donors (Lipinski definition) is 5. The Labute approximate surface area is 256 Å². The average molecular weight is 612 g/mol. The summed E-state index contributed by atoms with van der Waals surface area (Å²) >= 11 is 0. The lowest BCUT2D eigenvalue weighted by atomic mass is 10.0. The number of hydrogen-bond acceptors (Lipinski definition) is 12. The maximum absolute atomic E-state index is 12.0. The molecule has 0 fully saturated rings. The van der Waals surface area contributed by atoms with E-state index in [0.717, 1.165) is 0 Å². The van der Waals surface area contributed by atoms with E-state index >= 15 is 0 Å². The van der Waals surface area contributed by atoms with Gasteiger partial charge in [0.15, 0.2) is 11.5 Å². The van der Waals surface area contributed by atoms with Gasteiger partial charge in [-0.3, -0.25) is 4.79 Å². The van der Waals surface area contributed by atoms with Gasteiger partial charge in [0.1, 0.15) is 6.04 Å². The molecule has 0 aliphatic carbocycles. The van der Waals surface area contributed by atoms with Gasteiger partial charge < -0.3 is 45.3 Å². The van der Waals surface area contributed by atoms with Gasteiger partial charge in [-0.05, 0) is 36.6 Å². The van der Waals surface area contributed by atoms with Crippen molar-refractivity contribution in [3.05, 3.63) is 54.1 Å². The number of methoxy groups -OCH3 is 2. The van der Waals surface area contributed by atoms with Crippen molar-refractivity contribution in [3.8, 4) is 11.5 Å². The molecule has 3 rings (SSSR count). The molecule has 0 spiro atoms. The third kappa shape index (κ3) is 11.5. The lowest BCUT2D eigenvalue weighted by Gasteiger charge is -2.17. The molecule has 14 heteroatoms. The largest absolute Gasteiger partial charge is 0.493 e. The smallest absolute Gasteiger partial charge is 0.326 e. The number of nitrogens with one attached hydrogen (secondary N) is 4. The molecule has 0 aliphatic heterocycles. The van der Waals surface area contributed by atoms with E-state index in [-0.39, 0.29) is 29.7 Å². The van der Waals surface area contributed by atoms with Gasteiger partial charge in [-0.1, -0.05) is 32.0 Å². The van der Waals surface area contributed by atoms with Crippen LogP contribution >= 0.6 is 0 Å². The van der Waals surface area contributed by atoms with Crippen LogP contribution in [0, 0.1) is 5.92 Å². The summed E-state index contributed by atoms with van der Waals surface area (Å²) in [5.74, 6) is 0.605. The summed E-state index contributed by atoms with van der Waals surface area (Å²) in [5.41, 5.74) is 1.23. The molecule has 1 amide bonds. The fraction of sp³-hybridized carbons (Fsp3) is 0.433. The van der Waals surface area contributed by atoms with Crippen LogP contribution in [0.1, 0.15) is 30.6 Å². The van der Waals surface area contributed by atoms with Crippen molar-refractivity contribution in [2.24, 2.45) is 5.92 Å². The Balaban J connectivity index is 1.51. The first-order chi connectivity index (χ1) is 21.3. The van der Waals surface area contributed by atoms with Gasteiger partial charge in [0.2, 0.25) is 17.8 Å². The number of aliphatic carboxylic acids is 1. The Morgan fingerprint density at radius 3 is 2.14 bits per heavy atom. The summed E-state index contributed by atoms with van der Waals surface area (Å²) in [4.78, 5) is 37.0. The van der Waals surface area contributed by atoms with E-state index in [9.17, 15) is 14.7 Å². The molecule has 2 aromatic carbocycles. The molecule has 3 aromatic rings. The minimum atomic E-state index is -1.00. The van der Waals surface area contributed by atoms with E-state index in [1.165, 1.54) is 7.11 Å². The zero-order chi connectivity index (χ0) is 31.7. The molecule has 0 unspecified atom stereocenters. The lowest BCUT2D eigenvalue weighted by molar-refractivity contribution is -0.138. The molecule has 0 saturated heterocycles. The van der Waals surface area contributed by atoms with Crippen molar-refractivity contribution >= 4 is 35.4 Å². The Hall–Kier alpha value is -4.69. The molecule has 1 atom stereocenters. The monoisotopic (exact) mass is 611 g/mol. The third-order valence-corrected chi connectivity index (χ3v) is 6.05. The van der Waals surface area contributed by atoms with Crippen LogP contribution in [0.15, 0.2) is 48.5 Å². The summed E-state index contributed by atoms with van der Waals surface area (Å²) in [6, 6.07) is 13.4. The molecule has 1 heterocycles. The minimum Gasteiger partial charge on any atom is -0.493 e. The topological polar surface area (TPSA) is 178 Å². The first kappa shape index (κ1) is 33.8. The maximum Gasteiger partial charge on any atom is 0.326 e. The van der Waals surface area contributed by atoms with Gasteiger partial charge in [-0.25, -0.2) is 4.79 Å². The van der Waals surface area contributed by atoms with E-state index in [2.05, 4.69) is 36.2 Å². The molecule has 0 bridgehead atoms. The fourth-order valence-corrected chi connectivity index (χ4v) is 3.95. The minimum absolute atomic E-state index is 0.104. The normalized spacial score (nSPS) is 11.5. The van der Waals surface area contributed by atoms with E-state index in [0.29, 0.717) is 68.7 Å². The molecular formula is C30H41N7O7. The van der Waals surface area contributed by atoms with Gasteiger partial charge in [0.25, 0.3) is 5.91 Å². The van der Waals surface area contributed by atoms with Crippen molar-refractivity contribution in [2.45, 2.75) is 26.3 Å². The zero-order valence-electron chi connectivity index (χ0n) is 25.5. The van der Waals surface area contributed by atoms with Crippen LogP contribution in [0.5, 0.6) is 11.5 Å². The number of carbonyl (C=O) groups is 2. The molecular weight excluding hydrogens is 570 g/mol. The van der Waals surface area contributed by atoms with Gasteiger partial charge in [0.05, 0.1) is 40.6 Å². The van der Waals surface area contributed by atoms with Crippen molar-refractivity contribution in [2.75, 3.05) is 69.7 Å². The Kier molecular flexibility index (Phi) is 13.9. The highest BCUT2D eigenvalue weighted by Crippen LogP contribution is 2.30. The number of amides is 1. The Morgan fingerprint density at radius 1 is 0.818 bits per heavy atom. The maximum atomic E-state index is 12.0. The number of aromatic nitrogens is 3. The van der Waals surface area contributed by atoms with Crippen molar-refractivity contribution in [3.63, 3.8) is 0 Å². The first-order valence-electron chi connectivity index (χ1n) is 14.3. The van der Waals surface area contributed by atoms with E-state index in [1.54, 1.807) is 37.4 Å². The van der Waals surface area contributed by atoms with Crippen LogP contribution in [0.4, 0.5) is 23.5 Å². The number of anilines is 4. The number of carboxylic acid groups (broad SMARTS) is 1. The van der Waals surface area contributed by atoms with Crippen LogP contribution < -0.4 is 30.7 Å². The van der Waals surface area contributed by atoms with E-state index in [4.69, 9.17) is 18.9 Å². The summed E-state index contributed by atoms with van der Waals surface area (Å²) in [7, 11) is 3.09. The molecule has 0 radical (unpaired) electrons. The van der Waals surface area contributed by atoms with Crippen molar-refractivity contribution < 1.29 is 33.6 Å². The van der Waals surface area contributed by atoms with Gasteiger partial charge in [0, 0.05) is 30.4 Å². The van der Waals surface area contributed by atoms with Crippen LogP contribution in [0.2, 0.25) is 0 Å². The molecule has 1 aromatic heterocycles. The van der Waals surface area contributed by atoms with Gasteiger partial charge >= 0.3 is 5.97 Å². The number of nitrogens with zero attached hydrogens (tertiary/aromatic N) is 3. The first-order valence-corrected chi connectivity index (χ1v) is 14.3. The highest BCUT2D eigenvalue weighted by Gasteiger charge is 2.21. The number of benzene rings is 2. The predicted molar refractivity (Wildman–Crippen MR) is 166 cm³/mol. The number of ether oxygens (including phenoxy) is 4. The highest BCUT2D eigenvalue weighted by atomic mass is 16.5. The zero-order valence-corrected chi connectivity index (χ0v) is 25.5. The second kappa shape index (κ2) is 18.1. The van der Waals surface area contributed by atoms with Crippen LogP contribution in [0.3, 0.4) is 0 Å². The summed E-state index contributed by atoms with van der Waals surface area (Å²) in [6.45, 7) is 6.09. The molecule has 0 aliphatic rings. The summed E-state index contributed by atoms with van der Waals surface area (Å²) < 4.78 is 21.8. The number of rotatable bonds is 20. The summed E-state index contributed by atoms with van der Waals surface area (Å²) in [6.07, 6.45) is 0.386. The van der Waals surface area contributed by atoms with Crippen LogP contribution in [-0.4, -0.2) is 91.7 Å². The van der Waals surface area contributed by atoms with Crippen LogP contribution in [-0.2, 0) is 14.3 Å². The van der Waals surface area contributed by atoms with E-state index < -0.39 is 12.0 Å². The van der Waals surface area contributed by atoms with Crippen molar-refractivity contribution in [1.82, 2.24) is 20.3 Å². The molecule has 5 N–H and O–H groups in total. The number of carbonyl (C=O) groups excluding carboxylic acids is 1. The van der Waals surface area contributed by atoms with Crippen molar-refractivity contribution in [1.29, 1.82) is 0 Å². The second-order valence-corrected chi connectivity index (χ2v) is 9.94.